The average molecular weight is 456 g/mol. The van der Waals surface area contributed by atoms with E-state index in [1.165, 1.54) is 12.1 Å². The standard InChI is InChI=1S/C25H23F3N2O3/c1-15-11-16(2)23(17(3)12-15)30-24(32)18-7-9-21(10-8-18)33-14-22(31)29-20-6-4-5-19(13-20)25(26,27)28/h4-13H,14H2,1-3H3,(H,29,31)(H,30,32). The topological polar surface area (TPSA) is 67.4 Å². The minimum atomic E-state index is -4.50. The fourth-order valence-electron chi connectivity index (χ4n) is 3.38. The summed E-state index contributed by atoms with van der Waals surface area (Å²) in [6.45, 7) is 5.45. The largest absolute Gasteiger partial charge is 0.484 e. The molecule has 0 bridgehead atoms. The van der Waals surface area contributed by atoms with E-state index in [4.69, 9.17) is 4.74 Å². The highest BCUT2D eigenvalue weighted by Crippen LogP contribution is 2.30. The van der Waals surface area contributed by atoms with E-state index in [9.17, 15) is 22.8 Å². The van der Waals surface area contributed by atoms with Gasteiger partial charge in [0.15, 0.2) is 6.61 Å². The van der Waals surface area contributed by atoms with Crippen LogP contribution >= 0.6 is 0 Å². The molecule has 0 saturated carbocycles. The van der Waals surface area contributed by atoms with Gasteiger partial charge in [-0.25, -0.2) is 0 Å². The summed E-state index contributed by atoms with van der Waals surface area (Å²) in [4.78, 5) is 24.6. The number of hydrogen-bond donors (Lipinski definition) is 2. The molecule has 0 aliphatic carbocycles. The number of ether oxygens (including phenoxy) is 1. The minimum Gasteiger partial charge on any atom is -0.484 e. The monoisotopic (exact) mass is 456 g/mol. The molecule has 0 spiro atoms. The number of hydrogen-bond acceptors (Lipinski definition) is 3. The molecule has 2 N–H and O–H groups in total. The summed E-state index contributed by atoms with van der Waals surface area (Å²) in [5, 5.41) is 5.28. The van der Waals surface area contributed by atoms with Gasteiger partial charge in [0.1, 0.15) is 5.75 Å². The molecule has 3 aromatic carbocycles. The van der Waals surface area contributed by atoms with Crippen molar-refractivity contribution in [2.75, 3.05) is 17.2 Å². The molecule has 172 valence electrons. The second-order valence-corrected chi connectivity index (χ2v) is 7.67. The lowest BCUT2D eigenvalue weighted by molar-refractivity contribution is -0.137. The Morgan fingerprint density at radius 3 is 2.12 bits per heavy atom. The quantitative estimate of drug-likeness (QED) is 0.485. The first-order chi connectivity index (χ1) is 15.5. The number of alkyl halides is 3. The van der Waals surface area contributed by atoms with Gasteiger partial charge in [-0.2, -0.15) is 13.2 Å². The summed E-state index contributed by atoms with van der Waals surface area (Å²) in [5.74, 6) is -0.547. The summed E-state index contributed by atoms with van der Waals surface area (Å²) in [6, 6.07) is 14.5. The third-order valence-corrected chi connectivity index (χ3v) is 4.88. The van der Waals surface area contributed by atoms with E-state index in [-0.39, 0.29) is 11.6 Å². The Kier molecular flexibility index (Phi) is 7.06. The molecule has 0 unspecified atom stereocenters. The fourth-order valence-corrected chi connectivity index (χ4v) is 3.38. The molecule has 0 saturated heterocycles. The number of carbonyl (C=O) groups excluding carboxylic acids is 2. The van der Waals surface area contributed by atoms with Crippen LogP contribution in [0.25, 0.3) is 0 Å². The maximum absolute atomic E-state index is 12.8. The van der Waals surface area contributed by atoms with Crippen LogP contribution in [0, 0.1) is 20.8 Å². The van der Waals surface area contributed by atoms with E-state index in [1.807, 2.05) is 32.9 Å². The molecule has 8 heteroatoms. The van der Waals surface area contributed by atoms with Crippen molar-refractivity contribution in [3.63, 3.8) is 0 Å². The normalized spacial score (nSPS) is 11.1. The first-order valence-corrected chi connectivity index (χ1v) is 10.1. The molecule has 2 amide bonds. The Hall–Kier alpha value is -3.81. The van der Waals surface area contributed by atoms with Gasteiger partial charge in [-0.3, -0.25) is 9.59 Å². The van der Waals surface area contributed by atoms with Crippen LogP contribution in [0.2, 0.25) is 0 Å². The van der Waals surface area contributed by atoms with Crippen LogP contribution in [0.15, 0.2) is 60.7 Å². The highest BCUT2D eigenvalue weighted by atomic mass is 19.4. The van der Waals surface area contributed by atoms with E-state index in [2.05, 4.69) is 10.6 Å². The Morgan fingerprint density at radius 1 is 0.879 bits per heavy atom. The predicted octanol–water partition coefficient (Wildman–Crippen LogP) is 5.90. The maximum atomic E-state index is 12.8. The maximum Gasteiger partial charge on any atom is 0.416 e. The number of anilines is 2. The van der Waals surface area contributed by atoms with Crippen LogP contribution in [0.4, 0.5) is 24.5 Å². The highest BCUT2D eigenvalue weighted by Gasteiger charge is 2.30. The molecule has 33 heavy (non-hydrogen) atoms. The molecule has 0 aliphatic heterocycles. The van der Waals surface area contributed by atoms with E-state index in [0.717, 1.165) is 34.5 Å². The number of amides is 2. The molecule has 0 fully saturated rings. The average Bonchev–Trinajstić information content (AvgIpc) is 2.74. The molecular weight excluding hydrogens is 433 g/mol. The van der Waals surface area contributed by atoms with Gasteiger partial charge in [0, 0.05) is 16.9 Å². The van der Waals surface area contributed by atoms with Crippen molar-refractivity contribution in [3.8, 4) is 5.75 Å². The van der Waals surface area contributed by atoms with Crippen LogP contribution in [-0.2, 0) is 11.0 Å². The summed E-state index contributed by atoms with van der Waals surface area (Å²) < 4.78 is 43.7. The summed E-state index contributed by atoms with van der Waals surface area (Å²) >= 11 is 0. The van der Waals surface area contributed by atoms with Crippen molar-refractivity contribution in [2.24, 2.45) is 0 Å². The Morgan fingerprint density at radius 2 is 1.52 bits per heavy atom. The fraction of sp³-hybridized carbons (Fsp3) is 0.200. The van der Waals surface area contributed by atoms with Crippen LogP contribution in [0.1, 0.15) is 32.6 Å². The zero-order valence-corrected chi connectivity index (χ0v) is 18.3. The van der Waals surface area contributed by atoms with Crippen molar-refractivity contribution >= 4 is 23.2 Å². The lowest BCUT2D eigenvalue weighted by Crippen LogP contribution is -2.20. The van der Waals surface area contributed by atoms with Gasteiger partial charge in [0.25, 0.3) is 11.8 Å². The second-order valence-electron chi connectivity index (χ2n) is 7.67. The Bertz CT molecular complexity index is 1150. The molecule has 3 rings (SSSR count). The molecule has 0 heterocycles. The van der Waals surface area contributed by atoms with Crippen LogP contribution in [0.5, 0.6) is 5.75 Å². The molecule has 5 nitrogen and oxygen atoms in total. The van der Waals surface area contributed by atoms with Gasteiger partial charge >= 0.3 is 6.18 Å². The number of carbonyl (C=O) groups is 2. The number of rotatable bonds is 6. The van der Waals surface area contributed by atoms with Crippen LogP contribution in [0.3, 0.4) is 0 Å². The summed E-state index contributed by atoms with van der Waals surface area (Å²) in [5.41, 5.74) is 3.38. The van der Waals surface area contributed by atoms with Crippen molar-refractivity contribution in [3.05, 3.63) is 88.5 Å². The summed E-state index contributed by atoms with van der Waals surface area (Å²) in [6.07, 6.45) is -4.50. The lowest BCUT2D eigenvalue weighted by Gasteiger charge is -2.13. The van der Waals surface area contributed by atoms with Gasteiger partial charge in [-0.1, -0.05) is 23.8 Å². The third-order valence-electron chi connectivity index (χ3n) is 4.88. The molecule has 0 aliphatic rings. The zero-order valence-electron chi connectivity index (χ0n) is 18.3. The van der Waals surface area contributed by atoms with Crippen LogP contribution < -0.4 is 15.4 Å². The van der Waals surface area contributed by atoms with Crippen molar-refractivity contribution in [2.45, 2.75) is 26.9 Å². The Labute approximate surface area is 189 Å². The summed E-state index contributed by atoms with van der Waals surface area (Å²) in [7, 11) is 0. The van der Waals surface area contributed by atoms with Gasteiger partial charge < -0.3 is 15.4 Å². The van der Waals surface area contributed by atoms with Gasteiger partial charge in [0.2, 0.25) is 0 Å². The number of halogens is 3. The smallest absolute Gasteiger partial charge is 0.416 e. The minimum absolute atomic E-state index is 0.0205. The van der Waals surface area contributed by atoms with Gasteiger partial charge in [-0.05, 0) is 74.4 Å². The number of benzene rings is 3. The number of aryl methyl sites for hydroxylation is 3. The van der Waals surface area contributed by atoms with Crippen molar-refractivity contribution in [1.82, 2.24) is 0 Å². The number of nitrogens with one attached hydrogen (secondary N) is 2. The van der Waals surface area contributed by atoms with Gasteiger partial charge in [0.05, 0.1) is 5.56 Å². The second kappa shape index (κ2) is 9.77. The zero-order chi connectivity index (χ0) is 24.2. The van der Waals surface area contributed by atoms with E-state index < -0.39 is 24.3 Å². The lowest BCUT2D eigenvalue weighted by atomic mass is 10.0. The Balaban J connectivity index is 1.56. The molecule has 0 atom stereocenters. The highest BCUT2D eigenvalue weighted by molar-refractivity contribution is 6.05. The molecule has 0 radical (unpaired) electrons. The van der Waals surface area contributed by atoms with E-state index >= 15 is 0 Å². The van der Waals surface area contributed by atoms with Crippen LogP contribution in [-0.4, -0.2) is 18.4 Å². The first-order valence-electron chi connectivity index (χ1n) is 10.1. The van der Waals surface area contributed by atoms with Gasteiger partial charge in [-0.15, -0.1) is 0 Å². The van der Waals surface area contributed by atoms with E-state index in [1.54, 1.807) is 24.3 Å². The van der Waals surface area contributed by atoms with E-state index in [0.29, 0.717) is 11.3 Å². The predicted molar refractivity (Wildman–Crippen MR) is 121 cm³/mol. The first kappa shape index (κ1) is 23.8. The molecule has 0 aromatic heterocycles. The SMILES string of the molecule is Cc1cc(C)c(NC(=O)c2ccc(OCC(=O)Nc3cccc(C(F)(F)F)c3)cc2)c(C)c1. The third kappa shape index (κ3) is 6.35. The molecular formula is C25H23F3N2O3. The molecule has 3 aromatic rings. The van der Waals surface area contributed by atoms with Crippen molar-refractivity contribution < 1.29 is 27.5 Å². The van der Waals surface area contributed by atoms with Crippen molar-refractivity contribution in [1.29, 1.82) is 0 Å².